The molecule has 1 aromatic rings. The van der Waals surface area contributed by atoms with Crippen LogP contribution in [0.1, 0.15) is 29.2 Å². The van der Waals surface area contributed by atoms with Crippen LogP contribution in [-0.4, -0.2) is 0 Å². The van der Waals surface area contributed by atoms with Gasteiger partial charge in [-0.05, 0) is 59.5 Å². The van der Waals surface area contributed by atoms with Crippen molar-refractivity contribution in [2.24, 2.45) is 5.92 Å². The second-order valence-electron chi connectivity index (χ2n) is 4.39. The highest BCUT2D eigenvalue weighted by Crippen LogP contribution is 2.48. The lowest BCUT2D eigenvalue weighted by atomic mass is 10.0. The fourth-order valence-electron chi connectivity index (χ4n) is 2.17. The first-order valence-electron chi connectivity index (χ1n) is 5.02. The molecule has 1 aliphatic rings. The topological polar surface area (TPSA) is 0 Å². The monoisotopic (exact) mass is 322 g/mol. The van der Waals surface area contributed by atoms with E-state index >= 15 is 0 Å². The Morgan fingerprint density at radius 1 is 1.40 bits per heavy atom. The lowest BCUT2D eigenvalue weighted by molar-refractivity contribution is -0.0458. The third-order valence-electron chi connectivity index (χ3n) is 3.33. The van der Waals surface area contributed by atoms with Crippen molar-refractivity contribution >= 4 is 22.6 Å². The van der Waals surface area contributed by atoms with E-state index < -0.39 is 11.8 Å². The van der Waals surface area contributed by atoms with E-state index in [1.54, 1.807) is 6.92 Å². The van der Waals surface area contributed by atoms with Gasteiger partial charge < -0.3 is 0 Å². The average molecular weight is 322 g/mol. The van der Waals surface area contributed by atoms with Gasteiger partial charge in [0.2, 0.25) is 0 Å². The maximum atomic E-state index is 13.9. The van der Waals surface area contributed by atoms with Crippen LogP contribution in [0.4, 0.5) is 8.78 Å². The van der Waals surface area contributed by atoms with Crippen molar-refractivity contribution in [3.63, 3.8) is 0 Å². The molecule has 0 aliphatic heterocycles. The molecule has 0 heterocycles. The first-order chi connectivity index (χ1) is 6.85. The van der Waals surface area contributed by atoms with Crippen LogP contribution in [0.3, 0.4) is 0 Å². The number of benzene rings is 1. The molecular formula is C12H13F2I. The zero-order valence-electron chi connectivity index (χ0n) is 9.00. The van der Waals surface area contributed by atoms with Gasteiger partial charge in [0.05, 0.1) is 0 Å². The normalized spacial score (nSPS) is 22.9. The van der Waals surface area contributed by atoms with Crippen LogP contribution in [-0.2, 0) is 12.3 Å². The molecule has 0 amide bonds. The summed E-state index contributed by atoms with van der Waals surface area (Å²) >= 11 is 2.05. The molecule has 3 heteroatoms. The van der Waals surface area contributed by atoms with Crippen LogP contribution in [0.25, 0.3) is 0 Å². The van der Waals surface area contributed by atoms with E-state index in [1.165, 1.54) is 0 Å². The zero-order valence-corrected chi connectivity index (χ0v) is 11.2. The predicted molar refractivity (Wildman–Crippen MR) is 65.4 cm³/mol. The molecule has 0 spiro atoms. The molecule has 15 heavy (non-hydrogen) atoms. The van der Waals surface area contributed by atoms with Gasteiger partial charge in [0, 0.05) is 15.1 Å². The summed E-state index contributed by atoms with van der Waals surface area (Å²) in [7, 11) is 0. The van der Waals surface area contributed by atoms with Gasteiger partial charge in [0.15, 0.2) is 0 Å². The van der Waals surface area contributed by atoms with Crippen LogP contribution in [0, 0.1) is 23.3 Å². The predicted octanol–water partition coefficient (Wildman–Crippen LogP) is 4.19. The maximum absolute atomic E-state index is 13.9. The molecule has 82 valence electrons. The fraction of sp³-hybridized carbons (Fsp3) is 0.500. The molecule has 2 rings (SSSR count). The fourth-order valence-corrected chi connectivity index (χ4v) is 3.30. The number of hydrogen-bond donors (Lipinski definition) is 0. The molecule has 0 nitrogen and oxygen atoms in total. The molecule has 0 radical (unpaired) electrons. The summed E-state index contributed by atoms with van der Waals surface area (Å²) in [6, 6.07) is 1.92. The van der Waals surface area contributed by atoms with Gasteiger partial charge in [-0.2, -0.15) is 0 Å². The van der Waals surface area contributed by atoms with Crippen molar-refractivity contribution in [3.05, 3.63) is 31.9 Å². The summed E-state index contributed by atoms with van der Waals surface area (Å²) in [6.07, 6.45) is 0.499. The highest BCUT2D eigenvalue weighted by molar-refractivity contribution is 14.1. The largest absolute Gasteiger partial charge is 0.277 e. The Bertz CT molecular complexity index is 424. The van der Waals surface area contributed by atoms with Gasteiger partial charge in [-0.15, -0.1) is 0 Å². The summed E-state index contributed by atoms with van der Waals surface area (Å²) in [5.74, 6) is -3.22. The van der Waals surface area contributed by atoms with Crippen LogP contribution in [0.2, 0.25) is 0 Å². The van der Waals surface area contributed by atoms with Crippen molar-refractivity contribution in [2.75, 3.05) is 0 Å². The quantitative estimate of drug-likeness (QED) is 0.628. The van der Waals surface area contributed by atoms with Crippen molar-refractivity contribution < 1.29 is 8.78 Å². The summed E-state index contributed by atoms with van der Waals surface area (Å²) < 4.78 is 28.5. The average Bonchev–Trinajstić information content (AvgIpc) is 2.34. The van der Waals surface area contributed by atoms with Gasteiger partial charge in [-0.1, -0.05) is 13.0 Å². The minimum atomic E-state index is -2.65. The molecular weight excluding hydrogens is 309 g/mol. The minimum Gasteiger partial charge on any atom is -0.201 e. The molecule has 1 aliphatic carbocycles. The molecule has 0 saturated heterocycles. The number of hydrogen-bond acceptors (Lipinski definition) is 0. The summed E-state index contributed by atoms with van der Waals surface area (Å²) in [5.41, 5.74) is 3.21. The smallest absolute Gasteiger partial charge is 0.201 e. The van der Waals surface area contributed by atoms with Gasteiger partial charge in [0.1, 0.15) is 0 Å². The van der Waals surface area contributed by atoms with Crippen LogP contribution in [0.15, 0.2) is 6.07 Å². The van der Waals surface area contributed by atoms with E-state index in [2.05, 4.69) is 22.6 Å². The SMILES string of the molecule is Cc1cc2c(c(I)c1C)C(F)(F)C(C)C2. The zero-order chi connectivity index (χ0) is 11.4. The highest BCUT2D eigenvalue weighted by Gasteiger charge is 2.47. The van der Waals surface area contributed by atoms with Gasteiger partial charge >= 0.3 is 0 Å². The van der Waals surface area contributed by atoms with Gasteiger partial charge in [0.25, 0.3) is 5.92 Å². The number of alkyl halides is 2. The molecule has 1 atom stereocenters. The molecule has 0 N–H and O–H groups in total. The number of rotatable bonds is 0. The molecule has 0 saturated carbocycles. The first kappa shape index (κ1) is 11.3. The van der Waals surface area contributed by atoms with E-state index in [9.17, 15) is 8.78 Å². The van der Waals surface area contributed by atoms with E-state index in [0.29, 0.717) is 6.42 Å². The number of aryl methyl sites for hydroxylation is 1. The lowest BCUT2D eigenvalue weighted by Gasteiger charge is -2.18. The summed E-state index contributed by atoms with van der Waals surface area (Å²) in [5, 5.41) is 0. The van der Waals surface area contributed by atoms with E-state index in [0.717, 1.165) is 20.3 Å². The van der Waals surface area contributed by atoms with Crippen molar-refractivity contribution in [1.29, 1.82) is 0 Å². The minimum absolute atomic E-state index is 0.277. The lowest BCUT2D eigenvalue weighted by Crippen LogP contribution is -2.19. The Morgan fingerprint density at radius 2 is 2.00 bits per heavy atom. The van der Waals surface area contributed by atoms with Crippen LogP contribution < -0.4 is 0 Å². The molecule has 1 aromatic carbocycles. The third-order valence-corrected chi connectivity index (χ3v) is 4.68. The van der Waals surface area contributed by atoms with Crippen LogP contribution in [0.5, 0.6) is 0 Å². The maximum Gasteiger partial charge on any atom is 0.277 e. The summed E-state index contributed by atoms with van der Waals surface area (Å²) in [6.45, 7) is 5.52. The van der Waals surface area contributed by atoms with Crippen molar-refractivity contribution in [2.45, 2.75) is 33.1 Å². The Balaban J connectivity index is 2.72. The number of fused-ring (bicyclic) bond motifs is 1. The molecule has 0 fully saturated rings. The molecule has 0 bridgehead atoms. The second kappa shape index (κ2) is 3.40. The second-order valence-corrected chi connectivity index (χ2v) is 5.47. The van der Waals surface area contributed by atoms with E-state index in [4.69, 9.17) is 0 Å². The van der Waals surface area contributed by atoms with Gasteiger partial charge in [-0.3, -0.25) is 0 Å². The van der Waals surface area contributed by atoms with E-state index in [-0.39, 0.29) is 5.56 Å². The standard InChI is InChI=1S/C12H13F2I/c1-6-4-9-5-7(2)12(13,14)10(9)11(15)8(6)3/h4,7H,5H2,1-3H3. The Hall–Kier alpha value is -0.190. The Kier molecular flexibility index (Phi) is 2.56. The summed E-state index contributed by atoms with van der Waals surface area (Å²) in [4.78, 5) is 0. The van der Waals surface area contributed by atoms with Gasteiger partial charge in [-0.25, -0.2) is 8.78 Å². The van der Waals surface area contributed by atoms with E-state index in [1.807, 2.05) is 19.9 Å². The Labute approximate surface area is 102 Å². The van der Waals surface area contributed by atoms with Crippen LogP contribution >= 0.6 is 22.6 Å². The third kappa shape index (κ3) is 1.50. The number of halogens is 3. The molecule has 1 unspecified atom stereocenters. The van der Waals surface area contributed by atoms with Crippen molar-refractivity contribution in [1.82, 2.24) is 0 Å². The molecule has 0 aromatic heterocycles. The first-order valence-corrected chi connectivity index (χ1v) is 6.10. The highest BCUT2D eigenvalue weighted by atomic mass is 127. The van der Waals surface area contributed by atoms with Crippen molar-refractivity contribution in [3.8, 4) is 0 Å². The Morgan fingerprint density at radius 3 is 2.60 bits per heavy atom.